The van der Waals surface area contributed by atoms with E-state index in [9.17, 15) is 9.59 Å². The predicted molar refractivity (Wildman–Crippen MR) is 88.5 cm³/mol. The minimum Gasteiger partial charge on any atom is -0.447 e. The molecule has 0 spiro atoms. The minimum atomic E-state index is -0.597. The molecule has 6 heteroatoms. The summed E-state index contributed by atoms with van der Waals surface area (Å²) in [6, 6.07) is -0.151. The third-order valence-corrected chi connectivity index (χ3v) is 7.49. The van der Waals surface area contributed by atoms with Gasteiger partial charge in [0, 0.05) is 12.2 Å². The van der Waals surface area contributed by atoms with E-state index >= 15 is 0 Å². The second-order valence-electron chi connectivity index (χ2n) is 6.05. The SMILES string of the molecule is CS[C@@]1(C(=O)N2C(=O)OC[C@@H]2C(C)C)CC(C)=C(C)CS1. The van der Waals surface area contributed by atoms with Crippen molar-refractivity contribution in [3.05, 3.63) is 11.1 Å². The monoisotopic (exact) mass is 329 g/mol. The van der Waals surface area contributed by atoms with E-state index in [0.717, 1.165) is 5.75 Å². The van der Waals surface area contributed by atoms with Crippen LogP contribution in [-0.2, 0) is 9.53 Å². The quantitative estimate of drug-likeness (QED) is 0.741. The summed E-state index contributed by atoms with van der Waals surface area (Å²) in [6.45, 7) is 8.53. The summed E-state index contributed by atoms with van der Waals surface area (Å²) in [4.78, 5) is 26.5. The molecule has 0 unspecified atom stereocenters. The summed E-state index contributed by atoms with van der Waals surface area (Å²) in [5, 5.41) is 0. The highest BCUT2D eigenvalue weighted by atomic mass is 32.2. The molecule has 118 valence electrons. The third-order valence-electron chi connectivity index (χ3n) is 4.30. The number of thioether (sulfide) groups is 2. The standard InChI is InChI=1S/C15H23NO3S2/c1-9(2)12-7-19-14(18)16(12)13(17)15(20-5)6-10(3)11(4)8-21-15/h9,12H,6-8H2,1-5H3/t12-,15+/m1/s1. The van der Waals surface area contributed by atoms with Gasteiger partial charge < -0.3 is 4.74 Å². The lowest BCUT2D eigenvalue weighted by atomic mass is 10.0. The van der Waals surface area contributed by atoms with Crippen LogP contribution in [-0.4, -0.2) is 45.6 Å². The van der Waals surface area contributed by atoms with Gasteiger partial charge in [-0.05, 0) is 26.0 Å². The van der Waals surface area contributed by atoms with Crippen LogP contribution in [0.15, 0.2) is 11.1 Å². The lowest BCUT2D eigenvalue weighted by Crippen LogP contribution is -2.51. The van der Waals surface area contributed by atoms with E-state index in [4.69, 9.17) is 4.74 Å². The first-order valence-electron chi connectivity index (χ1n) is 7.17. The molecule has 0 N–H and O–H groups in total. The fourth-order valence-corrected chi connectivity index (χ4v) is 5.12. The first-order valence-corrected chi connectivity index (χ1v) is 9.38. The van der Waals surface area contributed by atoms with Crippen molar-refractivity contribution in [2.75, 3.05) is 18.6 Å². The van der Waals surface area contributed by atoms with Gasteiger partial charge in [-0.2, -0.15) is 0 Å². The van der Waals surface area contributed by atoms with Crippen LogP contribution in [0.5, 0.6) is 0 Å². The highest BCUT2D eigenvalue weighted by molar-refractivity contribution is 8.19. The molecule has 0 aliphatic carbocycles. The highest BCUT2D eigenvalue weighted by Crippen LogP contribution is 2.48. The molecule has 21 heavy (non-hydrogen) atoms. The number of amides is 2. The molecule has 0 aromatic carbocycles. The highest BCUT2D eigenvalue weighted by Gasteiger charge is 2.50. The molecule has 0 radical (unpaired) electrons. The smallest absolute Gasteiger partial charge is 0.417 e. The van der Waals surface area contributed by atoms with E-state index in [1.807, 2.05) is 20.1 Å². The lowest BCUT2D eigenvalue weighted by molar-refractivity contribution is -0.130. The Morgan fingerprint density at radius 2 is 2.10 bits per heavy atom. The van der Waals surface area contributed by atoms with Gasteiger partial charge in [0.2, 0.25) is 0 Å². The van der Waals surface area contributed by atoms with E-state index in [-0.39, 0.29) is 17.9 Å². The molecule has 2 amide bonds. The molecule has 2 aliphatic rings. The van der Waals surface area contributed by atoms with Crippen molar-refractivity contribution in [2.24, 2.45) is 5.92 Å². The molecular formula is C15H23NO3S2. The van der Waals surface area contributed by atoms with Gasteiger partial charge in [0.15, 0.2) is 0 Å². The first kappa shape index (κ1) is 16.7. The van der Waals surface area contributed by atoms with Crippen molar-refractivity contribution < 1.29 is 14.3 Å². The second kappa shape index (κ2) is 6.24. The van der Waals surface area contributed by atoms with Gasteiger partial charge in [-0.3, -0.25) is 4.79 Å². The third kappa shape index (κ3) is 2.97. The lowest BCUT2D eigenvalue weighted by Gasteiger charge is -2.38. The Kier molecular flexibility index (Phi) is 4.98. The number of carbonyl (C=O) groups is 2. The molecule has 2 aliphatic heterocycles. The van der Waals surface area contributed by atoms with Crippen LogP contribution in [0, 0.1) is 5.92 Å². The Bertz CT molecular complexity index is 489. The number of rotatable bonds is 3. The van der Waals surface area contributed by atoms with Crippen LogP contribution in [0.1, 0.15) is 34.1 Å². The zero-order valence-electron chi connectivity index (χ0n) is 13.3. The molecule has 1 saturated heterocycles. The largest absolute Gasteiger partial charge is 0.447 e. The summed E-state index contributed by atoms with van der Waals surface area (Å²) >= 11 is 3.18. The van der Waals surface area contributed by atoms with E-state index in [1.54, 1.807) is 11.8 Å². The summed E-state index contributed by atoms with van der Waals surface area (Å²) < 4.78 is 4.53. The van der Waals surface area contributed by atoms with Gasteiger partial charge >= 0.3 is 6.09 Å². The van der Waals surface area contributed by atoms with Crippen molar-refractivity contribution in [1.29, 1.82) is 0 Å². The van der Waals surface area contributed by atoms with Crippen molar-refractivity contribution in [3.8, 4) is 0 Å². The molecule has 0 aromatic rings. The van der Waals surface area contributed by atoms with Crippen molar-refractivity contribution >= 4 is 35.5 Å². The number of allylic oxidation sites excluding steroid dienone is 1. The maximum absolute atomic E-state index is 13.1. The van der Waals surface area contributed by atoms with E-state index in [1.165, 1.54) is 27.8 Å². The van der Waals surface area contributed by atoms with E-state index in [2.05, 4.69) is 13.8 Å². The Labute approximate surface area is 135 Å². The molecule has 1 fully saturated rings. The number of hydrogen-bond acceptors (Lipinski definition) is 5. The van der Waals surface area contributed by atoms with Gasteiger partial charge in [0.25, 0.3) is 5.91 Å². The molecule has 0 aromatic heterocycles. The average Bonchev–Trinajstić information content (AvgIpc) is 2.83. The molecular weight excluding hydrogens is 306 g/mol. The maximum atomic E-state index is 13.1. The molecule has 2 atom stereocenters. The Morgan fingerprint density at radius 1 is 1.43 bits per heavy atom. The topological polar surface area (TPSA) is 46.6 Å². The van der Waals surface area contributed by atoms with Crippen LogP contribution >= 0.6 is 23.5 Å². The Hall–Kier alpha value is -0.620. The Balaban J connectivity index is 2.30. The summed E-state index contributed by atoms with van der Waals surface area (Å²) in [5.41, 5.74) is 2.59. The van der Waals surface area contributed by atoms with Gasteiger partial charge in [0.05, 0.1) is 6.04 Å². The number of imide groups is 1. The minimum absolute atomic E-state index is 0.104. The van der Waals surface area contributed by atoms with Gasteiger partial charge in [-0.25, -0.2) is 9.69 Å². The van der Waals surface area contributed by atoms with Crippen LogP contribution in [0.2, 0.25) is 0 Å². The van der Waals surface area contributed by atoms with Crippen molar-refractivity contribution in [3.63, 3.8) is 0 Å². The van der Waals surface area contributed by atoms with Crippen LogP contribution in [0.4, 0.5) is 4.79 Å². The number of cyclic esters (lactones) is 1. The summed E-state index contributed by atoms with van der Waals surface area (Å²) in [6.07, 6.45) is 2.15. The fourth-order valence-electron chi connectivity index (χ4n) is 2.60. The van der Waals surface area contributed by atoms with Gasteiger partial charge in [-0.15, -0.1) is 23.5 Å². The summed E-state index contributed by atoms with van der Waals surface area (Å²) in [7, 11) is 0. The Morgan fingerprint density at radius 3 is 2.62 bits per heavy atom. The van der Waals surface area contributed by atoms with Crippen molar-refractivity contribution in [1.82, 2.24) is 4.90 Å². The molecule has 2 rings (SSSR count). The van der Waals surface area contributed by atoms with Gasteiger partial charge in [-0.1, -0.05) is 25.0 Å². The normalized spacial score (nSPS) is 30.1. The molecule has 0 saturated carbocycles. The average molecular weight is 329 g/mol. The first-order chi connectivity index (χ1) is 9.82. The molecule has 0 bridgehead atoms. The van der Waals surface area contributed by atoms with Crippen LogP contribution < -0.4 is 0 Å². The number of nitrogens with zero attached hydrogens (tertiary/aromatic N) is 1. The molecule has 4 nitrogen and oxygen atoms in total. The number of ether oxygens (including phenoxy) is 1. The van der Waals surface area contributed by atoms with Crippen LogP contribution in [0.3, 0.4) is 0 Å². The number of hydrogen-bond donors (Lipinski definition) is 0. The fraction of sp³-hybridized carbons (Fsp3) is 0.733. The second-order valence-corrected chi connectivity index (χ2v) is 8.68. The van der Waals surface area contributed by atoms with E-state index < -0.39 is 10.2 Å². The van der Waals surface area contributed by atoms with E-state index in [0.29, 0.717) is 13.0 Å². The summed E-state index contributed by atoms with van der Waals surface area (Å²) in [5.74, 6) is 0.938. The van der Waals surface area contributed by atoms with Crippen LogP contribution in [0.25, 0.3) is 0 Å². The molecule has 2 heterocycles. The maximum Gasteiger partial charge on any atom is 0.417 e. The predicted octanol–water partition coefficient (Wildman–Crippen LogP) is 3.52. The number of carbonyl (C=O) groups excluding carboxylic acids is 2. The zero-order valence-corrected chi connectivity index (χ0v) is 14.9. The van der Waals surface area contributed by atoms with Gasteiger partial charge in [0.1, 0.15) is 10.7 Å². The zero-order chi connectivity index (χ0) is 15.8. The van der Waals surface area contributed by atoms with Crippen molar-refractivity contribution in [2.45, 2.75) is 44.2 Å².